The fourth-order valence-corrected chi connectivity index (χ4v) is 2.70. The number of benzene rings is 1. The van der Waals surface area contributed by atoms with E-state index in [0.717, 1.165) is 5.56 Å². The number of rotatable bonds is 7. The summed E-state index contributed by atoms with van der Waals surface area (Å²) in [6.45, 7) is 5.92. The van der Waals surface area contributed by atoms with E-state index in [1.165, 1.54) is 0 Å². The second-order valence-corrected chi connectivity index (χ2v) is 6.69. The van der Waals surface area contributed by atoms with E-state index < -0.39 is 0 Å². The van der Waals surface area contributed by atoms with Crippen LogP contribution in [0.4, 0.5) is 0 Å². The Kier molecular flexibility index (Phi) is 7.82. The third kappa shape index (κ3) is 7.20. The first-order valence-corrected chi connectivity index (χ1v) is 8.17. The molecule has 7 heteroatoms. The molecule has 1 aromatic rings. The number of nitrogens with zero attached hydrogens (tertiary/aromatic N) is 1. The van der Waals surface area contributed by atoms with Crippen molar-refractivity contribution in [2.24, 2.45) is 0 Å². The second kappa shape index (κ2) is 9.11. The summed E-state index contributed by atoms with van der Waals surface area (Å²) >= 11 is 12.0. The van der Waals surface area contributed by atoms with Gasteiger partial charge in [-0.25, -0.2) is 0 Å². The van der Waals surface area contributed by atoms with Crippen LogP contribution in [0.5, 0.6) is 0 Å². The van der Waals surface area contributed by atoms with Crippen LogP contribution in [0.15, 0.2) is 18.2 Å². The van der Waals surface area contributed by atoms with E-state index in [0.29, 0.717) is 10.0 Å². The molecule has 0 heterocycles. The normalized spacial score (nSPS) is 12.3. The summed E-state index contributed by atoms with van der Waals surface area (Å²) in [6.07, 6.45) is 0. The molecule has 0 spiro atoms. The molecule has 1 atom stereocenters. The predicted octanol–water partition coefficient (Wildman–Crippen LogP) is 2.63. The Labute approximate surface area is 147 Å². The van der Waals surface area contributed by atoms with E-state index in [1.54, 1.807) is 30.1 Å². The van der Waals surface area contributed by atoms with Crippen molar-refractivity contribution in [1.29, 1.82) is 0 Å². The maximum atomic E-state index is 12.1. The molecule has 128 valence electrons. The average molecular weight is 360 g/mol. The number of hydrogen-bond acceptors (Lipinski definition) is 3. The van der Waals surface area contributed by atoms with Gasteiger partial charge in [0.15, 0.2) is 0 Å². The first-order chi connectivity index (χ1) is 10.7. The molecule has 0 aromatic heterocycles. The fourth-order valence-electron chi connectivity index (χ4n) is 2.13. The zero-order chi connectivity index (χ0) is 17.6. The molecule has 1 rings (SSSR count). The maximum absolute atomic E-state index is 12.1. The van der Waals surface area contributed by atoms with Gasteiger partial charge in [0.25, 0.3) is 0 Å². The highest BCUT2D eigenvalue weighted by Gasteiger charge is 2.15. The summed E-state index contributed by atoms with van der Waals surface area (Å²) in [5.41, 5.74) is 0.796. The van der Waals surface area contributed by atoms with Crippen LogP contribution in [0.2, 0.25) is 10.0 Å². The molecule has 0 radical (unpaired) electrons. The number of nitrogens with one attached hydrogen (secondary N) is 2. The van der Waals surface area contributed by atoms with Gasteiger partial charge in [-0.05, 0) is 45.5 Å². The van der Waals surface area contributed by atoms with E-state index >= 15 is 0 Å². The van der Waals surface area contributed by atoms with Crippen molar-refractivity contribution in [3.63, 3.8) is 0 Å². The van der Waals surface area contributed by atoms with Crippen LogP contribution in [-0.4, -0.2) is 42.9 Å². The average Bonchev–Trinajstić information content (AvgIpc) is 2.36. The van der Waals surface area contributed by atoms with Gasteiger partial charge in [0.1, 0.15) is 0 Å². The molecule has 0 aliphatic heterocycles. The van der Waals surface area contributed by atoms with E-state index in [2.05, 4.69) is 10.6 Å². The van der Waals surface area contributed by atoms with Crippen molar-refractivity contribution in [3.05, 3.63) is 33.8 Å². The Morgan fingerprint density at radius 1 is 1.09 bits per heavy atom. The smallest absolute Gasteiger partial charge is 0.234 e. The van der Waals surface area contributed by atoms with E-state index in [4.69, 9.17) is 23.2 Å². The summed E-state index contributed by atoms with van der Waals surface area (Å²) in [5.74, 6) is -0.285. The van der Waals surface area contributed by atoms with Crippen molar-refractivity contribution in [2.75, 3.05) is 20.1 Å². The Hall–Kier alpha value is -1.30. The van der Waals surface area contributed by atoms with Gasteiger partial charge in [0.2, 0.25) is 11.8 Å². The van der Waals surface area contributed by atoms with Gasteiger partial charge >= 0.3 is 0 Å². The highest BCUT2D eigenvalue weighted by atomic mass is 35.5. The van der Waals surface area contributed by atoms with Gasteiger partial charge in [-0.15, -0.1) is 0 Å². The molecule has 0 bridgehead atoms. The lowest BCUT2D eigenvalue weighted by atomic mass is 10.1. The molecule has 1 aromatic carbocycles. The number of likely N-dealkylation sites (N-methyl/N-ethyl adjacent to an activating group) is 1. The molecular formula is C16H23Cl2N3O2. The summed E-state index contributed by atoms with van der Waals surface area (Å²) < 4.78 is 0. The second-order valence-electron chi connectivity index (χ2n) is 5.85. The zero-order valence-corrected chi connectivity index (χ0v) is 15.3. The number of hydrogen-bond donors (Lipinski definition) is 2. The van der Waals surface area contributed by atoms with Crippen molar-refractivity contribution in [1.82, 2.24) is 15.5 Å². The standard InChI is InChI=1S/C16H23Cl2N3O2/c1-10(2)19-15(22)8-21(4)9-16(23)20-11(3)13-6-5-12(17)7-14(13)18/h5-7,10-11H,8-9H2,1-4H3,(H,19,22)(H,20,23)/t11-/m1/s1. The third-order valence-corrected chi connectivity index (χ3v) is 3.65. The van der Waals surface area contributed by atoms with Gasteiger partial charge < -0.3 is 10.6 Å². The Bertz CT molecular complexity index is 564. The van der Waals surface area contributed by atoms with Gasteiger partial charge in [-0.1, -0.05) is 29.3 Å². The van der Waals surface area contributed by atoms with Gasteiger partial charge in [-0.2, -0.15) is 0 Å². The minimum absolute atomic E-state index is 0.0804. The molecule has 2 amide bonds. The predicted molar refractivity (Wildman–Crippen MR) is 93.8 cm³/mol. The first kappa shape index (κ1) is 19.7. The number of amides is 2. The van der Waals surface area contributed by atoms with Crippen LogP contribution in [0.3, 0.4) is 0 Å². The van der Waals surface area contributed by atoms with Crippen LogP contribution in [-0.2, 0) is 9.59 Å². The molecule has 0 aliphatic rings. The van der Waals surface area contributed by atoms with E-state index in [-0.39, 0.29) is 37.0 Å². The lowest BCUT2D eigenvalue weighted by Crippen LogP contribution is -2.42. The van der Waals surface area contributed by atoms with Crippen LogP contribution < -0.4 is 10.6 Å². The summed E-state index contributed by atoms with van der Waals surface area (Å²) in [5, 5.41) is 6.70. The highest BCUT2D eigenvalue weighted by molar-refractivity contribution is 6.35. The number of halogens is 2. The minimum Gasteiger partial charge on any atom is -0.353 e. The number of carbonyl (C=O) groups excluding carboxylic acids is 2. The summed E-state index contributed by atoms with van der Waals surface area (Å²) in [4.78, 5) is 25.4. The zero-order valence-electron chi connectivity index (χ0n) is 13.8. The molecule has 0 unspecified atom stereocenters. The molecule has 0 saturated carbocycles. The molecule has 0 aliphatic carbocycles. The quantitative estimate of drug-likeness (QED) is 0.786. The third-order valence-electron chi connectivity index (χ3n) is 3.08. The van der Waals surface area contributed by atoms with E-state index in [9.17, 15) is 9.59 Å². The van der Waals surface area contributed by atoms with Crippen molar-refractivity contribution >= 4 is 35.0 Å². The largest absolute Gasteiger partial charge is 0.353 e. The Morgan fingerprint density at radius 3 is 2.17 bits per heavy atom. The molecule has 2 N–H and O–H groups in total. The maximum Gasteiger partial charge on any atom is 0.234 e. The van der Waals surface area contributed by atoms with E-state index in [1.807, 2.05) is 20.8 Å². The molecule has 23 heavy (non-hydrogen) atoms. The summed E-state index contributed by atoms with van der Waals surface area (Å²) in [6, 6.07) is 4.99. The van der Waals surface area contributed by atoms with Gasteiger partial charge in [0, 0.05) is 16.1 Å². The lowest BCUT2D eigenvalue weighted by molar-refractivity contribution is -0.125. The monoisotopic (exact) mass is 359 g/mol. The van der Waals surface area contributed by atoms with Crippen molar-refractivity contribution in [3.8, 4) is 0 Å². The molecule has 0 saturated heterocycles. The van der Waals surface area contributed by atoms with Crippen molar-refractivity contribution in [2.45, 2.75) is 32.9 Å². The van der Waals surface area contributed by atoms with Crippen LogP contribution in [0, 0.1) is 0 Å². The fraction of sp³-hybridized carbons (Fsp3) is 0.500. The Balaban J connectivity index is 2.50. The van der Waals surface area contributed by atoms with Crippen LogP contribution >= 0.6 is 23.2 Å². The van der Waals surface area contributed by atoms with Gasteiger partial charge in [-0.3, -0.25) is 14.5 Å². The van der Waals surface area contributed by atoms with Crippen molar-refractivity contribution < 1.29 is 9.59 Å². The SMILES string of the molecule is CC(C)NC(=O)CN(C)CC(=O)N[C@H](C)c1ccc(Cl)cc1Cl. The molecule has 0 fully saturated rings. The lowest BCUT2D eigenvalue weighted by Gasteiger charge is -2.20. The Morgan fingerprint density at radius 2 is 1.65 bits per heavy atom. The summed E-state index contributed by atoms with van der Waals surface area (Å²) in [7, 11) is 1.72. The highest BCUT2D eigenvalue weighted by Crippen LogP contribution is 2.25. The first-order valence-electron chi connectivity index (χ1n) is 7.41. The van der Waals surface area contributed by atoms with Gasteiger partial charge in [0.05, 0.1) is 19.1 Å². The van der Waals surface area contributed by atoms with Crippen LogP contribution in [0.25, 0.3) is 0 Å². The molecule has 5 nitrogen and oxygen atoms in total. The number of carbonyl (C=O) groups is 2. The van der Waals surface area contributed by atoms with Crippen LogP contribution in [0.1, 0.15) is 32.4 Å². The minimum atomic E-state index is -0.245. The topological polar surface area (TPSA) is 61.4 Å². The molecular weight excluding hydrogens is 337 g/mol.